The average Bonchev–Trinajstić information content (AvgIpc) is 2.62. The van der Waals surface area contributed by atoms with Crippen molar-refractivity contribution in [2.45, 2.75) is 6.92 Å². The van der Waals surface area contributed by atoms with Gasteiger partial charge in [-0.25, -0.2) is 4.90 Å². The zero-order valence-electron chi connectivity index (χ0n) is 14.1. The van der Waals surface area contributed by atoms with Crippen LogP contribution in [0, 0.1) is 0 Å². The summed E-state index contributed by atoms with van der Waals surface area (Å²) in [6, 6.07) is 19.1. The van der Waals surface area contributed by atoms with Gasteiger partial charge in [-0.05, 0) is 29.7 Å². The Morgan fingerprint density at radius 2 is 1.62 bits per heavy atom. The molecule has 130 valence electrons. The van der Waals surface area contributed by atoms with Gasteiger partial charge in [0.1, 0.15) is 0 Å². The van der Waals surface area contributed by atoms with Crippen molar-refractivity contribution in [3.8, 4) is 0 Å². The third-order valence-corrected chi connectivity index (χ3v) is 3.88. The van der Waals surface area contributed by atoms with Crippen LogP contribution in [0.5, 0.6) is 0 Å². The van der Waals surface area contributed by atoms with E-state index >= 15 is 0 Å². The number of carbonyl (C=O) groups excluding carboxylic acids is 3. The predicted octanol–water partition coefficient (Wildman–Crippen LogP) is 2.94. The SMILES string of the molecule is CC(=O)N(C(=O)C(=O)Nc1cccc2ccccc12)c1cccc(N)c1. The van der Waals surface area contributed by atoms with Crippen LogP contribution in [0.25, 0.3) is 10.8 Å². The molecule has 0 unspecified atom stereocenters. The fourth-order valence-corrected chi connectivity index (χ4v) is 2.72. The van der Waals surface area contributed by atoms with Gasteiger partial charge in [-0.2, -0.15) is 0 Å². The molecule has 0 spiro atoms. The summed E-state index contributed by atoms with van der Waals surface area (Å²) in [6.45, 7) is 1.21. The molecule has 0 fully saturated rings. The third kappa shape index (κ3) is 3.39. The number of hydrogen-bond donors (Lipinski definition) is 2. The fraction of sp³-hybridized carbons (Fsp3) is 0.0500. The quantitative estimate of drug-likeness (QED) is 0.551. The average molecular weight is 347 g/mol. The molecule has 0 aromatic heterocycles. The van der Waals surface area contributed by atoms with Crippen molar-refractivity contribution < 1.29 is 14.4 Å². The molecule has 0 atom stereocenters. The maximum Gasteiger partial charge on any atom is 0.323 e. The van der Waals surface area contributed by atoms with Crippen molar-refractivity contribution in [2.75, 3.05) is 16.0 Å². The number of nitrogens with one attached hydrogen (secondary N) is 1. The van der Waals surface area contributed by atoms with Crippen molar-refractivity contribution in [1.29, 1.82) is 0 Å². The minimum atomic E-state index is -0.976. The van der Waals surface area contributed by atoms with Crippen molar-refractivity contribution in [3.05, 3.63) is 66.7 Å². The van der Waals surface area contributed by atoms with Crippen molar-refractivity contribution in [3.63, 3.8) is 0 Å². The molecular weight excluding hydrogens is 330 g/mol. The van der Waals surface area contributed by atoms with E-state index in [9.17, 15) is 14.4 Å². The number of amides is 3. The molecule has 0 heterocycles. The maximum atomic E-state index is 12.6. The number of nitrogens with two attached hydrogens (primary N) is 1. The molecule has 0 bridgehead atoms. The Balaban J connectivity index is 1.90. The molecule has 0 radical (unpaired) electrons. The first-order chi connectivity index (χ1) is 12.5. The van der Waals surface area contributed by atoms with Gasteiger partial charge in [0.2, 0.25) is 5.91 Å². The van der Waals surface area contributed by atoms with Crippen molar-refractivity contribution in [1.82, 2.24) is 0 Å². The van der Waals surface area contributed by atoms with Gasteiger partial charge in [0.25, 0.3) is 0 Å². The van der Waals surface area contributed by atoms with Crippen LogP contribution in [0.3, 0.4) is 0 Å². The van der Waals surface area contributed by atoms with Gasteiger partial charge in [0.05, 0.1) is 5.69 Å². The predicted molar refractivity (Wildman–Crippen MR) is 102 cm³/mol. The van der Waals surface area contributed by atoms with Crippen LogP contribution in [0.15, 0.2) is 66.7 Å². The zero-order valence-corrected chi connectivity index (χ0v) is 14.1. The number of carbonyl (C=O) groups is 3. The van der Waals surface area contributed by atoms with Crippen molar-refractivity contribution in [2.24, 2.45) is 0 Å². The molecule has 0 aliphatic carbocycles. The van der Waals surface area contributed by atoms with Gasteiger partial charge in [0, 0.05) is 23.7 Å². The second-order valence-electron chi connectivity index (χ2n) is 5.74. The van der Waals surface area contributed by atoms with Gasteiger partial charge in [-0.15, -0.1) is 0 Å². The minimum Gasteiger partial charge on any atom is -0.399 e. The summed E-state index contributed by atoms with van der Waals surface area (Å²) in [5, 5.41) is 4.32. The van der Waals surface area contributed by atoms with E-state index in [-0.39, 0.29) is 5.69 Å². The normalized spacial score (nSPS) is 10.3. The molecule has 3 N–H and O–H groups in total. The van der Waals surface area contributed by atoms with Gasteiger partial charge >= 0.3 is 11.8 Å². The Morgan fingerprint density at radius 1 is 0.923 bits per heavy atom. The lowest BCUT2D eigenvalue weighted by Crippen LogP contribution is -2.42. The van der Waals surface area contributed by atoms with Crippen LogP contribution in [0.4, 0.5) is 17.1 Å². The highest BCUT2D eigenvalue weighted by molar-refractivity contribution is 6.48. The number of hydrogen-bond acceptors (Lipinski definition) is 4. The van der Waals surface area contributed by atoms with E-state index < -0.39 is 17.7 Å². The lowest BCUT2D eigenvalue weighted by atomic mass is 10.1. The number of benzene rings is 3. The fourth-order valence-electron chi connectivity index (χ4n) is 2.72. The van der Waals surface area contributed by atoms with Gasteiger partial charge in [0.15, 0.2) is 0 Å². The molecular formula is C20H17N3O3. The second kappa shape index (κ2) is 7.06. The smallest absolute Gasteiger partial charge is 0.323 e. The topological polar surface area (TPSA) is 92.5 Å². The number of rotatable bonds is 2. The summed E-state index contributed by atoms with van der Waals surface area (Å²) in [4.78, 5) is 37.8. The van der Waals surface area contributed by atoms with E-state index in [1.165, 1.54) is 13.0 Å². The van der Waals surface area contributed by atoms with Crippen LogP contribution in [0.2, 0.25) is 0 Å². The molecule has 0 aliphatic rings. The molecule has 3 rings (SSSR count). The molecule has 3 amide bonds. The molecule has 0 saturated carbocycles. The molecule has 3 aromatic carbocycles. The monoisotopic (exact) mass is 347 g/mol. The van der Waals surface area contributed by atoms with Crippen LogP contribution in [0.1, 0.15) is 6.92 Å². The lowest BCUT2D eigenvalue weighted by molar-refractivity contribution is -0.136. The molecule has 0 aliphatic heterocycles. The van der Waals surface area contributed by atoms with Crippen LogP contribution in [-0.2, 0) is 14.4 Å². The maximum absolute atomic E-state index is 12.6. The first-order valence-corrected chi connectivity index (χ1v) is 7.96. The van der Waals surface area contributed by atoms with Gasteiger partial charge in [-0.3, -0.25) is 14.4 Å². The van der Waals surface area contributed by atoms with Crippen LogP contribution in [-0.4, -0.2) is 17.7 Å². The third-order valence-electron chi connectivity index (χ3n) is 3.88. The van der Waals surface area contributed by atoms with Crippen LogP contribution < -0.4 is 16.0 Å². The highest BCUT2D eigenvalue weighted by atomic mass is 16.2. The Labute approximate surface area is 150 Å². The summed E-state index contributed by atoms with van der Waals surface area (Å²) in [6.07, 6.45) is 0. The van der Waals surface area contributed by atoms with Gasteiger partial charge < -0.3 is 11.1 Å². The molecule has 6 nitrogen and oxygen atoms in total. The summed E-state index contributed by atoms with van der Waals surface area (Å²) < 4.78 is 0. The Bertz CT molecular complexity index is 1010. The van der Waals surface area contributed by atoms with Crippen LogP contribution >= 0.6 is 0 Å². The highest BCUT2D eigenvalue weighted by Crippen LogP contribution is 2.23. The molecule has 26 heavy (non-hydrogen) atoms. The Kier molecular flexibility index (Phi) is 4.66. The van der Waals surface area contributed by atoms with Gasteiger partial charge in [-0.1, -0.05) is 42.5 Å². The first-order valence-electron chi connectivity index (χ1n) is 7.96. The number of nitrogens with zero attached hydrogens (tertiary/aromatic N) is 1. The van der Waals surface area contributed by atoms with E-state index in [0.717, 1.165) is 15.7 Å². The number of imide groups is 1. The lowest BCUT2D eigenvalue weighted by Gasteiger charge is -2.19. The summed E-state index contributed by atoms with van der Waals surface area (Å²) in [5.41, 5.74) is 6.84. The van der Waals surface area contributed by atoms with E-state index in [0.29, 0.717) is 11.4 Å². The zero-order chi connectivity index (χ0) is 18.7. The molecule has 3 aromatic rings. The summed E-state index contributed by atoms with van der Waals surface area (Å²) in [5.74, 6) is -2.45. The largest absolute Gasteiger partial charge is 0.399 e. The Morgan fingerprint density at radius 3 is 2.35 bits per heavy atom. The summed E-state index contributed by atoms with van der Waals surface area (Å²) in [7, 11) is 0. The molecule has 0 saturated heterocycles. The summed E-state index contributed by atoms with van der Waals surface area (Å²) >= 11 is 0. The van der Waals surface area contributed by atoms with E-state index in [1.807, 2.05) is 30.3 Å². The number of anilines is 3. The van der Waals surface area contributed by atoms with Crippen molar-refractivity contribution >= 4 is 45.6 Å². The Hall–Kier alpha value is -3.67. The van der Waals surface area contributed by atoms with E-state index in [1.54, 1.807) is 30.3 Å². The van der Waals surface area contributed by atoms with E-state index in [2.05, 4.69) is 5.32 Å². The minimum absolute atomic E-state index is 0.246. The highest BCUT2D eigenvalue weighted by Gasteiger charge is 2.27. The second-order valence-corrected chi connectivity index (χ2v) is 5.74. The molecule has 6 heteroatoms. The standard InChI is InChI=1S/C20H17N3O3/c1-13(24)23(16-9-5-8-15(21)12-16)20(26)19(25)22-18-11-4-7-14-6-2-3-10-17(14)18/h2-12H,21H2,1H3,(H,22,25). The van der Waals surface area contributed by atoms with E-state index in [4.69, 9.17) is 5.73 Å². The first kappa shape index (κ1) is 17.2. The number of fused-ring (bicyclic) bond motifs is 1. The number of nitrogen functional groups attached to an aromatic ring is 1.